The highest BCUT2D eigenvalue weighted by Crippen LogP contribution is 2.17. The summed E-state index contributed by atoms with van der Waals surface area (Å²) in [5.74, 6) is -5.50. The largest absolute Gasteiger partial charge is 0.374 e. The van der Waals surface area contributed by atoms with E-state index >= 15 is 0 Å². The smallest absolute Gasteiger partial charge is 0.341 e. The van der Waals surface area contributed by atoms with Crippen molar-refractivity contribution in [3.8, 4) is 0 Å². The van der Waals surface area contributed by atoms with Gasteiger partial charge in [0.15, 0.2) is 23.8 Å². The molecule has 18 heavy (non-hydrogen) atoms. The molecule has 1 heterocycles. The molecule has 0 aliphatic carbocycles. The molecule has 8 heteroatoms. The van der Waals surface area contributed by atoms with Crippen LogP contribution < -0.4 is 10.8 Å². The Morgan fingerprint density at radius 1 is 1.39 bits per heavy atom. The molecule has 0 aromatic heterocycles. The van der Waals surface area contributed by atoms with Crippen LogP contribution in [0.25, 0.3) is 0 Å². The second-order valence-electron chi connectivity index (χ2n) is 3.58. The summed E-state index contributed by atoms with van der Waals surface area (Å²) in [6, 6.07) is 2.70. The van der Waals surface area contributed by atoms with Gasteiger partial charge in [0, 0.05) is 11.8 Å². The molecule has 0 radical (unpaired) electrons. The molecular formula is C10H8F2N2O4. The van der Waals surface area contributed by atoms with Gasteiger partial charge in [0.1, 0.15) is 0 Å². The maximum Gasteiger partial charge on any atom is 0.341 e. The van der Waals surface area contributed by atoms with Gasteiger partial charge in [-0.3, -0.25) is 4.79 Å². The van der Waals surface area contributed by atoms with Gasteiger partial charge in [-0.2, -0.15) is 0 Å². The Morgan fingerprint density at radius 2 is 2.11 bits per heavy atom. The summed E-state index contributed by atoms with van der Waals surface area (Å²) in [5.41, 5.74) is 1.88. The van der Waals surface area contributed by atoms with Crippen LogP contribution in [0.4, 0.5) is 14.5 Å². The van der Waals surface area contributed by atoms with Crippen LogP contribution in [-0.2, 0) is 14.4 Å². The van der Waals surface area contributed by atoms with Crippen LogP contribution in [0.5, 0.6) is 0 Å². The Morgan fingerprint density at radius 3 is 2.67 bits per heavy atom. The molecule has 96 valence electrons. The molecule has 1 aliphatic rings. The fourth-order valence-corrected chi connectivity index (χ4v) is 1.42. The third-order valence-electron chi connectivity index (χ3n) is 2.32. The lowest BCUT2D eigenvalue weighted by atomic mass is 10.1. The number of benzene rings is 1. The van der Waals surface area contributed by atoms with Gasteiger partial charge in [0.05, 0.1) is 0 Å². The lowest BCUT2D eigenvalue weighted by Crippen LogP contribution is -2.36. The molecule has 0 saturated carbocycles. The number of aliphatic hydroxyl groups is 1. The topological polar surface area (TPSA) is 87.7 Å². The van der Waals surface area contributed by atoms with E-state index in [1.807, 2.05) is 5.48 Å². The summed E-state index contributed by atoms with van der Waals surface area (Å²) in [6.45, 7) is 0. The minimum absolute atomic E-state index is 0.0363. The van der Waals surface area contributed by atoms with E-state index in [2.05, 4.69) is 10.2 Å². The van der Waals surface area contributed by atoms with E-state index in [1.54, 1.807) is 0 Å². The number of hydroxylamine groups is 1. The summed E-state index contributed by atoms with van der Waals surface area (Å²) in [5, 5.41) is 11.4. The van der Waals surface area contributed by atoms with E-state index in [1.165, 1.54) is 0 Å². The van der Waals surface area contributed by atoms with Crippen molar-refractivity contribution in [2.24, 2.45) is 5.92 Å². The second-order valence-corrected chi connectivity index (χ2v) is 3.58. The molecule has 6 nitrogen and oxygen atoms in total. The molecule has 3 N–H and O–H groups in total. The average Bonchev–Trinajstić information content (AvgIpc) is 2.64. The van der Waals surface area contributed by atoms with Crippen LogP contribution in [0, 0.1) is 17.6 Å². The molecule has 1 fully saturated rings. The van der Waals surface area contributed by atoms with E-state index in [9.17, 15) is 23.5 Å². The first kappa shape index (κ1) is 12.4. The normalized spacial score (nSPS) is 22.7. The van der Waals surface area contributed by atoms with E-state index in [0.717, 1.165) is 18.2 Å². The molecule has 1 aliphatic heterocycles. The molecule has 2 unspecified atom stereocenters. The molecular weight excluding hydrogens is 250 g/mol. The summed E-state index contributed by atoms with van der Waals surface area (Å²) >= 11 is 0. The molecule has 2 rings (SSSR count). The Balaban J connectivity index is 2.11. The van der Waals surface area contributed by atoms with Gasteiger partial charge in [-0.1, -0.05) is 0 Å². The van der Waals surface area contributed by atoms with Crippen LogP contribution in [0.2, 0.25) is 0 Å². The van der Waals surface area contributed by atoms with Gasteiger partial charge in [-0.15, -0.1) is 5.48 Å². The Bertz CT molecular complexity index is 509. The van der Waals surface area contributed by atoms with Gasteiger partial charge in [0.25, 0.3) is 0 Å². The molecule has 1 aromatic carbocycles. The van der Waals surface area contributed by atoms with Crippen LogP contribution in [0.3, 0.4) is 0 Å². The monoisotopic (exact) mass is 258 g/mol. The summed E-state index contributed by atoms with van der Waals surface area (Å²) < 4.78 is 25.5. The minimum Gasteiger partial charge on any atom is -0.374 e. The molecule has 2 atom stereocenters. The molecule has 1 saturated heterocycles. The third-order valence-corrected chi connectivity index (χ3v) is 2.32. The van der Waals surface area contributed by atoms with Gasteiger partial charge in [0.2, 0.25) is 5.91 Å². The van der Waals surface area contributed by atoms with Gasteiger partial charge in [-0.25, -0.2) is 13.6 Å². The number of hydrogen-bond donors (Lipinski definition) is 3. The number of halogens is 2. The number of hydrogen-bond acceptors (Lipinski definition) is 5. The maximum atomic E-state index is 12.9. The van der Waals surface area contributed by atoms with Crippen LogP contribution in [0.1, 0.15) is 0 Å². The number of nitrogens with one attached hydrogen (secondary N) is 2. The number of aliphatic hydroxyl groups excluding tert-OH is 1. The molecule has 1 aromatic rings. The first-order valence-corrected chi connectivity index (χ1v) is 4.89. The van der Waals surface area contributed by atoms with Crippen LogP contribution in [0.15, 0.2) is 18.2 Å². The number of carbonyl (C=O) groups is 2. The minimum atomic E-state index is -1.48. The molecule has 1 amide bonds. The van der Waals surface area contributed by atoms with Crippen LogP contribution >= 0.6 is 0 Å². The number of rotatable bonds is 2. The zero-order valence-electron chi connectivity index (χ0n) is 8.81. The van der Waals surface area contributed by atoms with E-state index < -0.39 is 35.7 Å². The Labute approximate surface area is 99.5 Å². The second kappa shape index (κ2) is 4.67. The lowest BCUT2D eigenvalue weighted by molar-refractivity contribution is -0.147. The van der Waals surface area contributed by atoms with Crippen molar-refractivity contribution in [2.75, 3.05) is 5.32 Å². The van der Waals surface area contributed by atoms with E-state index in [4.69, 9.17) is 0 Å². The van der Waals surface area contributed by atoms with Crippen molar-refractivity contribution in [2.45, 2.75) is 6.23 Å². The van der Waals surface area contributed by atoms with Crippen LogP contribution in [-0.4, -0.2) is 23.2 Å². The van der Waals surface area contributed by atoms with E-state index in [-0.39, 0.29) is 5.69 Å². The Kier molecular flexibility index (Phi) is 3.21. The lowest BCUT2D eigenvalue weighted by Gasteiger charge is -2.10. The van der Waals surface area contributed by atoms with E-state index in [0.29, 0.717) is 0 Å². The molecule has 0 spiro atoms. The standard InChI is InChI=1S/C10H8F2N2O4/c11-5-2-1-4(3-6(5)12)13-8(15)7-9(16)14-18-10(7)17/h1-3,7,9,14,16H,(H,13,15). The highest BCUT2D eigenvalue weighted by molar-refractivity contribution is 6.05. The fraction of sp³-hybridized carbons (Fsp3) is 0.200. The fourth-order valence-electron chi connectivity index (χ4n) is 1.42. The van der Waals surface area contributed by atoms with Gasteiger partial charge in [-0.05, 0) is 12.1 Å². The highest BCUT2D eigenvalue weighted by atomic mass is 19.2. The number of anilines is 1. The van der Waals surface area contributed by atoms with Crippen molar-refractivity contribution in [3.05, 3.63) is 29.8 Å². The number of carbonyl (C=O) groups excluding carboxylic acids is 2. The van der Waals surface area contributed by atoms with Crippen molar-refractivity contribution >= 4 is 17.6 Å². The summed E-state index contributed by atoms with van der Waals surface area (Å²) in [7, 11) is 0. The first-order chi connectivity index (χ1) is 8.49. The highest BCUT2D eigenvalue weighted by Gasteiger charge is 2.41. The zero-order chi connectivity index (χ0) is 13.3. The van der Waals surface area contributed by atoms with Crippen molar-refractivity contribution in [1.29, 1.82) is 0 Å². The van der Waals surface area contributed by atoms with Crippen molar-refractivity contribution < 1.29 is 28.3 Å². The summed E-state index contributed by atoms with van der Waals surface area (Å²) in [4.78, 5) is 26.9. The quantitative estimate of drug-likeness (QED) is 0.645. The average molecular weight is 258 g/mol. The maximum absolute atomic E-state index is 12.9. The van der Waals surface area contributed by atoms with Gasteiger partial charge >= 0.3 is 5.97 Å². The predicted octanol–water partition coefficient (Wildman–Crippen LogP) is -0.101. The first-order valence-electron chi connectivity index (χ1n) is 4.89. The van der Waals surface area contributed by atoms with Crippen molar-refractivity contribution in [3.63, 3.8) is 0 Å². The van der Waals surface area contributed by atoms with Crippen molar-refractivity contribution in [1.82, 2.24) is 5.48 Å². The zero-order valence-corrected chi connectivity index (χ0v) is 8.81. The SMILES string of the molecule is O=C(Nc1ccc(F)c(F)c1)C1C(=O)ONC1O. The third kappa shape index (κ3) is 2.29. The predicted molar refractivity (Wildman–Crippen MR) is 53.7 cm³/mol. The number of amides is 1. The van der Waals surface area contributed by atoms with Gasteiger partial charge < -0.3 is 15.3 Å². The molecule has 0 bridgehead atoms. The Hall–Kier alpha value is -2.06. The summed E-state index contributed by atoms with van der Waals surface area (Å²) in [6.07, 6.45) is -1.48.